The summed E-state index contributed by atoms with van der Waals surface area (Å²) in [5.41, 5.74) is 0.0242. The Morgan fingerprint density at radius 3 is 2.47 bits per heavy atom. The zero-order valence-electron chi connectivity index (χ0n) is 20.4. The van der Waals surface area contributed by atoms with Crippen LogP contribution in [0.3, 0.4) is 0 Å². The van der Waals surface area contributed by atoms with Crippen molar-refractivity contribution in [3.8, 4) is 11.4 Å². The Morgan fingerprint density at radius 2 is 1.86 bits per heavy atom. The molecule has 36 heavy (non-hydrogen) atoms. The highest BCUT2D eigenvalue weighted by Crippen LogP contribution is 2.25. The van der Waals surface area contributed by atoms with Gasteiger partial charge in [-0.2, -0.15) is 4.98 Å². The van der Waals surface area contributed by atoms with Crippen LogP contribution in [-0.2, 0) is 6.42 Å². The van der Waals surface area contributed by atoms with Crippen molar-refractivity contribution < 1.29 is 23.2 Å². The van der Waals surface area contributed by atoms with Gasteiger partial charge in [-0.15, -0.1) is 0 Å². The van der Waals surface area contributed by atoms with Gasteiger partial charge in [0.1, 0.15) is 17.2 Å². The Bertz CT molecular complexity index is 1150. The van der Waals surface area contributed by atoms with Crippen LogP contribution in [0.15, 0.2) is 29.0 Å². The molecule has 0 saturated carbocycles. The zero-order chi connectivity index (χ0) is 25.7. The van der Waals surface area contributed by atoms with E-state index in [0.29, 0.717) is 36.0 Å². The normalized spacial score (nSPS) is 14.4. The van der Waals surface area contributed by atoms with Crippen LogP contribution < -0.4 is 10.2 Å². The Kier molecular flexibility index (Phi) is 8.07. The van der Waals surface area contributed by atoms with Crippen LogP contribution in [0.25, 0.3) is 11.4 Å². The van der Waals surface area contributed by atoms with Gasteiger partial charge in [0, 0.05) is 44.1 Å². The molecule has 1 aliphatic rings. The first-order chi connectivity index (χ1) is 17.3. The summed E-state index contributed by atoms with van der Waals surface area (Å²) in [7, 11) is 0. The number of piperidine rings is 1. The molecule has 2 N–H and O–H groups in total. The van der Waals surface area contributed by atoms with Crippen LogP contribution in [0.1, 0.15) is 55.8 Å². The second-order valence-electron chi connectivity index (χ2n) is 9.50. The number of halogens is 2. The van der Waals surface area contributed by atoms with Crippen LogP contribution in [-0.4, -0.2) is 50.8 Å². The van der Waals surface area contributed by atoms with E-state index >= 15 is 0 Å². The highest BCUT2D eigenvalue weighted by molar-refractivity contribution is 5.88. The number of aromatic carboxylic acids is 1. The van der Waals surface area contributed by atoms with Gasteiger partial charge in [-0.3, -0.25) is 0 Å². The van der Waals surface area contributed by atoms with Crippen molar-refractivity contribution in [1.29, 1.82) is 0 Å². The SMILES string of the molecule is CC(C)Cc1nc(-c2cnc(N3CCC(CCCNc4cc(F)c(C(=O)O)c(F)c4)CC3)nc2)no1. The van der Waals surface area contributed by atoms with E-state index in [1.165, 1.54) is 0 Å². The lowest BCUT2D eigenvalue weighted by atomic mass is 9.92. The van der Waals surface area contributed by atoms with E-state index in [4.69, 9.17) is 9.63 Å². The van der Waals surface area contributed by atoms with Gasteiger partial charge in [0.05, 0.1) is 5.56 Å². The van der Waals surface area contributed by atoms with Gasteiger partial charge in [-0.05, 0) is 49.7 Å². The zero-order valence-corrected chi connectivity index (χ0v) is 20.4. The summed E-state index contributed by atoms with van der Waals surface area (Å²) in [4.78, 5) is 26.5. The van der Waals surface area contributed by atoms with E-state index in [9.17, 15) is 13.6 Å². The summed E-state index contributed by atoms with van der Waals surface area (Å²) in [5, 5.41) is 15.8. The lowest BCUT2D eigenvalue weighted by Gasteiger charge is -2.32. The summed E-state index contributed by atoms with van der Waals surface area (Å²) in [6.07, 6.45) is 8.00. The number of carbonyl (C=O) groups is 1. The third kappa shape index (κ3) is 6.32. The fourth-order valence-electron chi connectivity index (χ4n) is 4.33. The molecule has 1 aliphatic heterocycles. The second-order valence-corrected chi connectivity index (χ2v) is 9.50. The van der Waals surface area contributed by atoms with Gasteiger partial charge in [-0.25, -0.2) is 23.5 Å². The van der Waals surface area contributed by atoms with Crippen LogP contribution in [0.2, 0.25) is 0 Å². The Hall–Kier alpha value is -3.63. The minimum atomic E-state index is -1.62. The Morgan fingerprint density at radius 1 is 1.19 bits per heavy atom. The molecule has 192 valence electrons. The lowest BCUT2D eigenvalue weighted by Crippen LogP contribution is -2.34. The third-order valence-corrected chi connectivity index (χ3v) is 6.22. The number of benzene rings is 1. The number of carboxylic acid groups (broad SMARTS) is 1. The maximum Gasteiger partial charge on any atom is 0.341 e. The topological polar surface area (TPSA) is 117 Å². The van der Waals surface area contributed by atoms with Crippen LogP contribution >= 0.6 is 0 Å². The molecule has 1 aromatic carbocycles. The quantitative estimate of drug-likeness (QED) is 0.378. The maximum atomic E-state index is 13.8. The van der Waals surface area contributed by atoms with Gasteiger partial charge in [0.25, 0.3) is 0 Å². The van der Waals surface area contributed by atoms with Crippen LogP contribution in [0.4, 0.5) is 20.4 Å². The molecule has 3 heterocycles. The van der Waals surface area contributed by atoms with E-state index in [2.05, 4.69) is 44.2 Å². The molecule has 0 radical (unpaired) electrons. The average Bonchev–Trinajstić information content (AvgIpc) is 3.29. The van der Waals surface area contributed by atoms with E-state index in [1.54, 1.807) is 12.4 Å². The number of nitrogens with zero attached hydrogens (tertiary/aromatic N) is 5. The predicted molar refractivity (Wildman–Crippen MR) is 130 cm³/mol. The number of hydrogen-bond acceptors (Lipinski definition) is 8. The second kappa shape index (κ2) is 11.4. The van der Waals surface area contributed by atoms with E-state index in [-0.39, 0.29) is 5.69 Å². The molecule has 11 heteroatoms. The van der Waals surface area contributed by atoms with E-state index in [1.807, 2.05) is 0 Å². The maximum absolute atomic E-state index is 13.8. The van der Waals surface area contributed by atoms with Gasteiger partial charge in [0.2, 0.25) is 17.7 Å². The average molecular weight is 501 g/mol. The largest absolute Gasteiger partial charge is 0.477 e. The van der Waals surface area contributed by atoms with E-state index in [0.717, 1.165) is 62.9 Å². The molecule has 2 aromatic heterocycles. The van der Waals surface area contributed by atoms with Crippen molar-refractivity contribution in [3.63, 3.8) is 0 Å². The number of aromatic nitrogens is 4. The molecule has 0 atom stereocenters. The molecular formula is C25H30F2N6O3. The molecule has 0 spiro atoms. The molecule has 1 saturated heterocycles. The fourth-order valence-corrected chi connectivity index (χ4v) is 4.33. The minimum absolute atomic E-state index is 0.238. The van der Waals surface area contributed by atoms with Crippen LogP contribution in [0, 0.1) is 23.5 Å². The molecule has 4 rings (SSSR count). The summed E-state index contributed by atoms with van der Waals surface area (Å²) in [6.45, 7) is 6.44. The van der Waals surface area contributed by atoms with E-state index < -0.39 is 23.2 Å². The molecule has 0 aliphatic carbocycles. The van der Waals surface area contributed by atoms with Gasteiger partial charge >= 0.3 is 5.97 Å². The number of carboxylic acids is 1. The molecule has 0 bridgehead atoms. The van der Waals surface area contributed by atoms with Crippen molar-refractivity contribution in [3.05, 3.63) is 47.6 Å². The summed E-state index contributed by atoms with van der Waals surface area (Å²) in [5.74, 6) is -1.02. The minimum Gasteiger partial charge on any atom is -0.477 e. The lowest BCUT2D eigenvalue weighted by molar-refractivity contribution is 0.0686. The van der Waals surface area contributed by atoms with Gasteiger partial charge in [-0.1, -0.05) is 19.0 Å². The van der Waals surface area contributed by atoms with Crippen molar-refractivity contribution in [2.45, 2.75) is 46.0 Å². The number of rotatable bonds is 10. The van der Waals surface area contributed by atoms with Gasteiger partial charge in [0.15, 0.2) is 0 Å². The monoisotopic (exact) mass is 500 g/mol. The molecular weight excluding hydrogens is 470 g/mol. The number of nitrogens with one attached hydrogen (secondary N) is 1. The molecule has 9 nitrogen and oxygen atoms in total. The fraction of sp³-hybridized carbons (Fsp3) is 0.480. The van der Waals surface area contributed by atoms with Crippen molar-refractivity contribution in [1.82, 2.24) is 20.1 Å². The number of anilines is 2. The first-order valence-corrected chi connectivity index (χ1v) is 12.2. The third-order valence-electron chi connectivity index (χ3n) is 6.22. The molecule has 0 amide bonds. The van der Waals surface area contributed by atoms with Crippen LogP contribution in [0.5, 0.6) is 0 Å². The summed E-state index contributed by atoms with van der Waals surface area (Å²) >= 11 is 0. The highest BCUT2D eigenvalue weighted by Gasteiger charge is 2.22. The summed E-state index contributed by atoms with van der Waals surface area (Å²) in [6, 6.07) is 2.03. The van der Waals surface area contributed by atoms with Crippen molar-refractivity contribution in [2.24, 2.45) is 11.8 Å². The predicted octanol–water partition coefficient (Wildman–Crippen LogP) is 4.81. The Balaban J connectivity index is 1.20. The number of hydrogen-bond donors (Lipinski definition) is 2. The van der Waals surface area contributed by atoms with Gasteiger partial charge < -0.3 is 19.8 Å². The first kappa shape index (κ1) is 25.5. The van der Waals surface area contributed by atoms with Crippen molar-refractivity contribution >= 4 is 17.6 Å². The molecule has 0 unspecified atom stereocenters. The molecule has 1 fully saturated rings. The Labute approximate surface area is 208 Å². The molecule has 3 aromatic rings. The summed E-state index contributed by atoms with van der Waals surface area (Å²) < 4.78 is 32.9. The highest BCUT2D eigenvalue weighted by atomic mass is 19.1. The smallest absolute Gasteiger partial charge is 0.341 e. The standard InChI is InChI=1S/C25H30F2N6O3/c1-15(2)10-21-31-23(32-36-21)17-13-29-25(30-14-17)33-8-5-16(6-9-33)4-3-7-28-18-11-19(26)22(24(34)35)20(27)12-18/h11-16,28H,3-10H2,1-2H3,(H,34,35). The first-order valence-electron chi connectivity index (χ1n) is 12.2. The van der Waals surface area contributed by atoms with Crippen molar-refractivity contribution in [2.75, 3.05) is 29.9 Å².